The minimum atomic E-state index is -3.21. The Morgan fingerprint density at radius 2 is 1.58 bits per heavy atom. The smallest absolute Gasteiger partial charge is 0.410 e. The largest absolute Gasteiger partial charge is 0.508 e. The van der Waals surface area contributed by atoms with E-state index in [1.165, 1.54) is 10.6 Å². The number of hydrogen-bond donors (Lipinski definition) is 2. The molecular weight excluding hydrogens is 659 g/mol. The number of piperidine rings is 2. The fourth-order valence-corrected chi connectivity index (χ4v) is 8.73. The van der Waals surface area contributed by atoms with Crippen LogP contribution in [0.25, 0.3) is 0 Å². The molecule has 3 fully saturated rings. The average Bonchev–Trinajstić information content (AvgIpc) is 3.27. The Hall–Kier alpha value is -3.82. The van der Waals surface area contributed by atoms with E-state index in [0.717, 1.165) is 36.1 Å². The van der Waals surface area contributed by atoms with Crippen LogP contribution in [0.2, 0.25) is 0 Å². The van der Waals surface area contributed by atoms with Crippen LogP contribution in [0.4, 0.5) is 15.3 Å². The molecule has 1 atom stereocenters. The zero-order valence-corrected chi connectivity index (χ0v) is 30.2. The summed E-state index contributed by atoms with van der Waals surface area (Å²) in [5.41, 5.74) is 4.13. The molecule has 0 spiro atoms. The fraction of sp³-hybridized carbons (Fsp3) is 0.571. The average molecular weight is 709 g/mol. The number of nitrogens with zero attached hydrogens (tertiary/aromatic N) is 5. The zero-order chi connectivity index (χ0) is 35.6. The number of aromatic hydroxyl groups is 1. The van der Waals surface area contributed by atoms with Gasteiger partial charge in [0.05, 0.1) is 6.26 Å². The van der Waals surface area contributed by atoms with Crippen LogP contribution in [0.3, 0.4) is 0 Å². The third kappa shape index (κ3) is 8.21. The maximum Gasteiger partial charge on any atom is 0.410 e. The van der Waals surface area contributed by atoms with E-state index in [4.69, 9.17) is 4.74 Å². The molecule has 0 unspecified atom stereocenters. The normalized spacial score (nSPS) is 20.9. The van der Waals surface area contributed by atoms with Crippen LogP contribution < -0.4 is 10.8 Å². The molecule has 6 rings (SSSR count). The van der Waals surface area contributed by atoms with E-state index in [9.17, 15) is 27.9 Å². The van der Waals surface area contributed by atoms with E-state index in [-0.39, 0.29) is 36.2 Å². The number of fused-ring (bicyclic) bond motifs is 1. The lowest BCUT2D eigenvalue weighted by atomic mass is 9.89. The second-order valence-electron chi connectivity index (χ2n) is 14.2. The highest BCUT2D eigenvalue weighted by Gasteiger charge is 2.37. The van der Waals surface area contributed by atoms with Crippen molar-refractivity contribution in [3.63, 3.8) is 0 Å². The number of sulfonamides is 1. The van der Waals surface area contributed by atoms with Crippen molar-refractivity contribution in [3.05, 3.63) is 53.1 Å². The van der Waals surface area contributed by atoms with Gasteiger partial charge in [-0.2, -0.15) is 4.31 Å². The van der Waals surface area contributed by atoms with Crippen LogP contribution in [-0.4, -0.2) is 147 Å². The monoisotopic (exact) mass is 708 g/mol. The molecule has 4 heterocycles. The SMILES string of the molecule is Bc1cc(C[C@@H](OC(=O)N2CCC(N3CCc4ccccc4NC3=O)CC2)C(=O)N2CCC(N3CCN(S(C)(=O)=O)CC3)CC2)cc(C)c1O. The molecule has 3 saturated heterocycles. The number of carbonyl (C=O) groups is 3. The first-order valence-electron chi connectivity index (χ1n) is 17.8. The van der Waals surface area contributed by atoms with Crippen molar-refractivity contribution in [1.82, 2.24) is 23.9 Å². The number of nitrogens with one attached hydrogen (secondary N) is 1. The van der Waals surface area contributed by atoms with E-state index in [1.807, 2.05) is 56.1 Å². The molecule has 2 aromatic rings. The van der Waals surface area contributed by atoms with Gasteiger partial charge in [-0.05, 0) is 67.2 Å². The van der Waals surface area contributed by atoms with Crippen LogP contribution in [0, 0.1) is 6.92 Å². The lowest BCUT2D eigenvalue weighted by Gasteiger charge is -2.42. The van der Waals surface area contributed by atoms with Gasteiger partial charge in [0.1, 0.15) is 13.6 Å². The van der Waals surface area contributed by atoms with E-state index < -0.39 is 22.2 Å². The molecule has 0 aliphatic carbocycles. The maximum atomic E-state index is 14.1. The molecule has 0 radical (unpaired) electrons. The molecule has 2 N–H and O–H groups in total. The Bertz CT molecular complexity index is 1660. The maximum absolute atomic E-state index is 14.1. The minimum Gasteiger partial charge on any atom is -0.508 e. The van der Waals surface area contributed by atoms with Crippen molar-refractivity contribution in [1.29, 1.82) is 0 Å². The molecular formula is C35H49BN6O7S. The number of rotatable bonds is 7. The molecule has 0 bridgehead atoms. The van der Waals surface area contributed by atoms with Gasteiger partial charge in [0.2, 0.25) is 10.0 Å². The number of ether oxygens (including phenoxy) is 1. The van der Waals surface area contributed by atoms with Gasteiger partial charge in [-0.1, -0.05) is 30.3 Å². The summed E-state index contributed by atoms with van der Waals surface area (Å²) >= 11 is 0. The molecule has 4 aliphatic heterocycles. The van der Waals surface area contributed by atoms with Gasteiger partial charge < -0.3 is 29.9 Å². The van der Waals surface area contributed by atoms with Gasteiger partial charge in [0.15, 0.2) is 6.10 Å². The summed E-state index contributed by atoms with van der Waals surface area (Å²) in [6.45, 7) is 6.55. The number of hydrogen-bond acceptors (Lipinski definition) is 8. The van der Waals surface area contributed by atoms with Gasteiger partial charge in [-0.15, -0.1) is 0 Å². The van der Waals surface area contributed by atoms with E-state index in [1.54, 1.807) is 9.80 Å². The van der Waals surface area contributed by atoms with Gasteiger partial charge >= 0.3 is 12.1 Å². The summed E-state index contributed by atoms with van der Waals surface area (Å²) < 4.78 is 31.4. The summed E-state index contributed by atoms with van der Waals surface area (Å²) in [6, 6.07) is 11.6. The first kappa shape index (κ1) is 36.0. The standard InChI is InChI=1S/C35H49BN6O7S/c1-24-21-25(22-29(36)32(24)43)23-31(33(44)39-12-8-27(9-13-39)38-17-19-41(20-18-38)50(2,47)48)49-35(46)40-14-10-28(11-15-40)42-16-7-26-5-3-4-6-30(26)37-34(42)45/h3-6,21-22,27-28,31,43H,7-20,23,36H2,1-2H3,(H,37,45)/t31-/m1/s1. The highest BCUT2D eigenvalue weighted by Crippen LogP contribution is 2.26. The molecule has 270 valence electrons. The summed E-state index contributed by atoms with van der Waals surface area (Å²) in [7, 11) is -1.40. The number of benzene rings is 2. The Labute approximate surface area is 296 Å². The Morgan fingerprint density at radius 3 is 2.24 bits per heavy atom. The highest BCUT2D eigenvalue weighted by molar-refractivity contribution is 7.88. The summed E-state index contributed by atoms with van der Waals surface area (Å²) in [5, 5.41) is 13.4. The van der Waals surface area contributed by atoms with Crippen LogP contribution in [0.15, 0.2) is 36.4 Å². The Kier molecular flexibility index (Phi) is 10.9. The molecule has 4 amide bonds. The van der Waals surface area contributed by atoms with Crippen LogP contribution in [0.1, 0.15) is 42.4 Å². The zero-order valence-electron chi connectivity index (χ0n) is 29.3. The van der Waals surface area contributed by atoms with E-state index in [2.05, 4.69) is 10.2 Å². The summed E-state index contributed by atoms with van der Waals surface area (Å²) in [4.78, 5) is 48.4. The molecule has 2 aromatic carbocycles. The molecule has 4 aliphatic rings. The van der Waals surface area contributed by atoms with Gasteiger partial charge in [-0.25, -0.2) is 18.0 Å². The third-order valence-corrected chi connectivity index (χ3v) is 12.1. The number of aryl methyl sites for hydroxylation is 1. The van der Waals surface area contributed by atoms with Crippen LogP contribution in [0.5, 0.6) is 5.75 Å². The first-order valence-corrected chi connectivity index (χ1v) is 19.6. The topological polar surface area (TPSA) is 143 Å². The quantitative estimate of drug-likeness (QED) is 0.408. The number of amides is 4. The number of anilines is 1. The predicted octanol–water partition coefficient (Wildman–Crippen LogP) is 1.13. The number of carbonyl (C=O) groups excluding carboxylic acids is 3. The molecule has 15 heteroatoms. The number of likely N-dealkylation sites (tertiary alicyclic amines) is 2. The second kappa shape index (κ2) is 15.2. The number of phenols is 1. The summed E-state index contributed by atoms with van der Waals surface area (Å²) in [6.07, 6.45) is 3.35. The van der Waals surface area contributed by atoms with Crippen LogP contribution >= 0.6 is 0 Å². The van der Waals surface area contributed by atoms with Crippen LogP contribution in [-0.2, 0) is 32.4 Å². The molecule has 13 nitrogen and oxygen atoms in total. The van der Waals surface area contributed by atoms with E-state index >= 15 is 0 Å². The number of piperazine rings is 1. The molecule has 0 aromatic heterocycles. The molecule has 50 heavy (non-hydrogen) atoms. The third-order valence-electron chi connectivity index (χ3n) is 10.8. The van der Waals surface area contributed by atoms with Crippen molar-refractivity contribution in [2.75, 3.05) is 70.5 Å². The van der Waals surface area contributed by atoms with Crippen molar-refractivity contribution in [2.45, 2.75) is 63.6 Å². The van der Waals surface area contributed by atoms with Crippen molar-refractivity contribution in [3.8, 4) is 5.75 Å². The summed E-state index contributed by atoms with van der Waals surface area (Å²) in [5.74, 6) is -0.0318. The Morgan fingerprint density at radius 1 is 0.940 bits per heavy atom. The second-order valence-corrected chi connectivity index (χ2v) is 16.1. The van der Waals surface area contributed by atoms with Gasteiger partial charge in [-0.3, -0.25) is 9.69 Å². The lowest BCUT2D eigenvalue weighted by molar-refractivity contribution is -0.142. The van der Waals surface area contributed by atoms with E-state index in [0.29, 0.717) is 82.8 Å². The highest BCUT2D eigenvalue weighted by atomic mass is 32.2. The lowest BCUT2D eigenvalue weighted by Crippen LogP contribution is -2.55. The minimum absolute atomic E-state index is 0.00983. The number of phenolic OH excluding ortho intramolecular Hbond substituents is 1. The fourth-order valence-electron chi connectivity index (χ4n) is 7.91. The first-order chi connectivity index (χ1) is 23.9. The molecule has 0 saturated carbocycles. The van der Waals surface area contributed by atoms with Gasteiger partial charge in [0, 0.05) is 83.1 Å². The number of urea groups is 1. The Balaban J connectivity index is 1.07. The number of para-hydroxylation sites is 1. The van der Waals surface area contributed by atoms with Gasteiger partial charge in [0.25, 0.3) is 5.91 Å². The predicted molar refractivity (Wildman–Crippen MR) is 193 cm³/mol. The van der Waals surface area contributed by atoms with Crippen molar-refractivity contribution < 1.29 is 32.6 Å². The van der Waals surface area contributed by atoms with Crippen molar-refractivity contribution in [2.24, 2.45) is 0 Å². The van der Waals surface area contributed by atoms with Crippen molar-refractivity contribution >= 4 is 47.1 Å².